The standard InChI is InChI=1S/C15H18BrN3OS/c1-4-12-13(21-19-18-12)14(20)17-9-15(2,3)10-5-7-11(16)8-6-10/h5-8H,4,9H2,1-3H3,(H,17,20). The summed E-state index contributed by atoms with van der Waals surface area (Å²) in [5.74, 6) is -0.0907. The van der Waals surface area contributed by atoms with Gasteiger partial charge in [0.1, 0.15) is 4.88 Å². The Bertz CT molecular complexity index is 622. The first-order chi connectivity index (χ1) is 9.94. The minimum absolute atomic E-state index is 0.0907. The van der Waals surface area contributed by atoms with Gasteiger partial charge in [-0.05, 0) is 35.6 Å². The summed E-state index contributed by atoms with van der Waals surface area (Å²) in [5, 5.41) is 6.96. The zero-order valence-corrected chi connectivity index (χ0v) is 14.7. The van der Waals surface area contributed by atoms with Crippen molar-refractivity contribution in [3.8, 4) is 0 Å². The third kappa shape index (κ3) is 3.89. The quantitative estimate of drug-likeness (QED) is 0.878. The molecule has 1 amide bonds. The van der Waals surface area contributed by atoms with Gasteiger partial charge in [-0.3, -0.25) is 4.79 Å². The van der Waals surface area contributed by atoms with Gasteiger partial charge in [-0.15, -0.1) is 5.10 Å². The number of nitrogens with one attached hydrogen (secondary N) is 1. The molecule has 0 aliphatic heterocycles. The van der Waals surface area contributed by atoms with Crippen molar-refractivity contribution < 1.29 is 4.79 Å². The van der Waals surface area contributed by atoms with Crippen LogP contribution in [0.4, 0.5) is 0 Å². The summed E-state index contributed by atoms with van der Waals surface area (Å²) in [4.78, 5) is 12.8. The van der Waals surface area contributed by atoms with Crippen molar-refractivity contribution in [2.45, 2.75) is 32.6 Å². The second kappa shape index (κ2) is 6.66. The SMILES string of the molecule is CCc1nnsc1C(=O)NCC(C)(C)c1ccc(Br)cc1. The summed E-state index contributed by atoms with van der Waals surface area (Å²) in [7, 11) is 0. The van der Waals surface area contributed by atoms with Crippen molar-refractivity contribution >= 4 is 33.4 Å². The first-order valence-electron chi connectivity index (χ1n) is 6.79. The van der Waals surface area contributed by atoms with Gasteiger partial charge in [0.2, 0.25) is 0 Å². The van der Waals surface area contributed by atoms with Gasteiger partial charge in [-0.1, -0.05) is 53.3 Å². The fraction of sp³-hybridized carbons (Fsp3) is 0.400. The van der Waals surface area contributed by atoms with Gasteiger partial charge in [0.25, 0.3) is 5.91 Å². The lowest BCUT2D eigenvalue weighted by Crippen LogP contribution is -2.36. The van der Waals surface area contributed by atoms with Crippen LogP contribution in [0.25, 0.3) is 0 Å². The molecule has 0 saturated heterocycles. The topological polar surface area (TPSA) is 54.9 Å². The number of halogens is 1. The number of aryl methyl sites for hydroxylation is 1. The normalized spacial score (nSPS) is 11.4. The van der Waals surface area contributed by atoms with Crippen LogP contribution in [0.1, 0.15) is 41.7 Å². The average Bonchev–Trinajstić information content (AvgIpc) is 2.94. The fourth-order valence-corrected chi connectivity index (χ4v) is 2.93. The van der Waals surface area contributed by atoms with E-state index in [2.05, 4.69) is 56.8 Å². The first-order valence-corrected chi connectivity index (χ1v) is 8.36. The largest absolute Gasteiger partial charge is 0.350 e. The Morgan fingerprint density at radius 3 is 2.62 bits per heavy atom. The molecule has 21 heavy (non-hydrogen) atoms. The molecule has 0 fully saturated rings. The van der Waals surface area contributed by atoms with Gasteiger partial charge in [0, 0.05) is 16.4 Å². The number of benzene rings is 1. The minimum Gasteiger partial charge on any atom is -0.350 e. The number of rotatable bonds is 5. The van der Waals surface area contributed by atoms with Crippen LogP contribution in [0.3, 0.4) is 0 Å². The van der Waals surface area contributed by atoms with E-state index < -0.39 is 0 Å². The van der Waals surface area contributed by atoms with Crippen molar-refractivity contribution in [1.29, 1.82) is 0 Å². The highest BCUT2D eigenvalue weighted by atomic mass is 79.9. The summed E-state index contributed by atoms with van der Waals surface area (Å²) in [5.41, 5.74) is 1.81. The maximum absolute atomic E-state index is 12.2. The van der Waals surface area contributed by atoms with Crippen LogP contribution < -0.4 is 5.32 Å². The van der Waals surface area contributed by atoms with Crippen molar-refractivity contribution in [2.24, 2.45) is 0 Å². The molecular weight excluding hydrogens is 350 g/mol. The summed E-state index contributed by atoms with van der Waals surface area (Å²) >= 11 is 4.59. The third-order valence-corrected chi connectivity index (χ3v) is 4.71. The van der Waals surface area contributed by atoms with Gasteiger partial charge in [-0.2, -0.15) is 0 Å². The number of amides is 1. The zero-order valence-electron chi connectivity index (χ0n) is 12.3. The predicted molar refractivity (Wildman–Crippen MR) is 88.8 cm³/mol. The molecule has 0 radical (unpaired) electrons. The summed E-state index contributed by atoms with van der Waals surface area (Å²) in [6.07, 6.45) is 0.718. The molecule has 0 saturated carbocycles. The summed E-state index contributed by atoms with van der Waals surface area (Å²) < 4.78 is 4.90. The van der Waals surface area contributed by atoms with Crippen molar-refractivity contribution in [3.63, 3.8) is 0 Å². The Morgan fingerprint density at radius 1 is 1.33 bits per heavy atom. The lowest BCUT2D eigenvalue weighted by Gasteiger charge is -2.25. The Hall–Kier alpha value is -1.27. The Labute approximate surface area is 137 Å². The van der Waals surface area contributed by atoms with Crippen LogP contribution in [0.15, 0.2) is 28.7 Å². The van der Waals surface area contributed by atoms with E-state index in [0.29, 0.717) is 11.4 Å². The van der Waals surface area contributed by atoms with Crippen LogP contribution in [-0.2, 0) is 11.8 Å². The van der Waals surface area contributed by atoms with Crippen molar-refractivity contribution in [2.75, 3.05) is 6.54 Å². The monoisotopic (exact) mass is 367 g/mol. The molecule has 0 unspecified atom stereocenters. The van der Waals surface area contributed by atoms with E-state index in [4.69, 9.17) is 0 Å². The molecule has 0 spiro atoms. The lowest BCUT2D eigenvalue weighted by atomic mass is 9.84. The molecule has 1 heterocycles. The zero-order chi connectivity index (χ0) is 15.5. The van der Waals surface area contributed by atoms with E-state index in [1.807, 2.05) is 19.1 Å². The summed E-state index contributed by atoms with van der Waals surface area (Å²) in [6, 6.07) is 8.17. The molecule has 2 rings (SSSR count). The fourth-order valence-electron chi connectivity index (χ4n) is 2.00. The molecule has 0 aliphatic carbocycles. The van der Waals surface area contributed by atoms with Crippen molar-refractivity contribution in [3.05, 3.63) is 44.9 Å². The van der Waals surface area contributed by atoms with E-state index in [1.165, 1.54) is 5.56 Å². The number of hydrogen-bond acceptors (Lipinski definition) is 4. The van der Waals surface area contributed by atoms with Crippen LogP contribution >= 0.6 is 27.5 Å². The predicted octanol–water partition coefficient (Wildman–Crippen LogP) is 3.57. The maximum Gasteiger partial charge on any atom is 0.264 e. The second-order valence-electron chi connectivity index (χ2n) is 5.48. The number of hydrogen-bond donors (Lipinski definition) is 1. The maximum atomic E-state index is 12.2. The molecule has 4 nitrogen and oxygen atoms in total. The highest BCUT2D eigenvalue weighted by Gasteiger charge is 2.23. The molecular formula is C15H18BrN3OS. The Balaban J connectivity index is 2.04. The molecule has 1 N–H and O–H groups in total. The van der Waals surface area contributed by atoms with E-state index in [9.17, 15) is 4.79 Å². The molecule has 112 valence electrons. The van der Waals surface area contributed by atoms with Crippen molar-refractivity contribution in [1.82, 2.24) is 14.9 Å². The molecule has 1 aromatic carbocycles. The number of carbonyl (C=O) groups excluding carboxylic acids is 1. The van der Waals surface area contributed by atoms with Crippen LogP contribution in [0, 0.1) is 0 Å². The molecule has 0 atom stereocenters. The molecule has 0 bridgehead atoms. The molecule has 6 heteroatoms. The number of nitrogens with zero attached hydrogens (tertiary/aromatic N) is 2. The number of aromatic nitrogens is 2. The molecule has 0 aliphatic rings. The lowest BCUT2D eigenvalue weighted by molar-refractivity contribution is 0.0948. The van der Waals surface area contributed by atoms with Gasteiger partial charge in [-0.25, -0.2) is 0 Å². The van der Waals surface area contributed by atoms with E-state index in [0.717, 1.165) is 28.1 Å². The molecule has 1 aromatic heterocycles. The second-order valence-corrected chi connectivity index (χ2v) is 7.15. The van der Waals surface area contributed by atoms with Crippen LogP contribution in [0.2, 0.25) is 0 Å². The van der Waals surface area contributed by atoms with Crippen LogP contribution in [-0.4, -0.2) is 22.0 Å². The summed E-state index contributed by atoms with van der Waals surface area (Å²) in [6.45, 7) is 6.76. The van der Waals surface area contributed by atoms with Gasteiger partial charge in [0.05, 0.1) is 5.69 Å². The van der Waals surface area contributed by atoms with E-state index in [-0.39, 0.29) is 11.3 Å². The first kappa shape index (κ1) is 16.1. The van der Waals surface area contributed by atoms with E-state index >= 15 is 0 Å². The van der Waals surface area contributed by atoms with E-state index in [1.54, 1.807) is 0 Å². The highest BCUT2D eigenvalue weighted by Crippen LogP contribution is 2.24. The Kier molecular flexibility index (Phi) is 5.11. The van der Waals surface area contributed by atoms with Gasteiger partial charge in [0.15, 0.2) is 0 Å². The molecule has 2 aromatic rings. The smallest absolute Gasteiger partial charge is 0.264 e. The Morgan fingerprint density at radius 2 is 2.00 bits per heavy atom. The van der Waals surface area contributed by atoms with Gasteiger partial charge < -0.3 is 5.32 Å². The minimum atomic E-state index is -0.138. The van der Waals surface area contributed by atoms with Crippen LogP contribution in [0.5, 0.6) is 0 Å². The number of carbonyl (C=O) groups is 1. The third-order valence-electron chi connectivity index (χ3n) is 3.41. The van der Waals surface area contributed by atoms with Gasteiger partial charge >= 0.3 is 0 Å². The average molecular weight is 368 g/mol. The highest BCUT2D eigenvalue weighted by molar-refractivity contribution is 9.10.